The van der Waals surface area contributed by atoms with E-state index < -0.39 is 29.5 Å². The van der Waals surface area contributed by atoms with Gasteiger partial charge in [0.05, 0.1) is 60.6 Å². The number of piperazine rings is 1. The summed E-state index contributed by atoms with van der Waals surface area (Å²) < 4.78 is 11.3. The first-order chi connectivity index (χ1) is 37.1. The van der Waals surface area contributed by atoms with E-state index in [4.69, 9.17) is 9.47 Å². The number of aliphatic hydroxyl groups is 1. The summed E-state index contributed by atoms with van der Waals surface area (Å²) >= 11 is 1.57. The molecular formula is C57H76N10O9S. The average molecular weight is 1080 g/mol. The largest absolute Gasteiger partial charge is 0.391 e. The van der Waals surface area contributed by atoms with Gasteiger partial charge in [0, 0.05) is 96.4 Å². The van der Waals surface area contributed by atoms with Crippen molar-refractivity contribution in [2.75, 3.05) is 83.7 Å². The van der Waals surface area contributed by atoms with Gasteiger partial charge in [0.1, 0.15) is 17.9 Å². The minimum Gasteiger partial charge on any atom is -0.391 e. The second kappa shape index (κ2) is 28.7. The predicted octanol–water partition coefficient (Wildman–Crippen LogP) is 5.03. The number of hydrogen-bond donors (Lipinski definition) is 4. The molecule has 1 aromatic carbocycles. The third-order valence-electron chi connectivity index (χ3n) is 14.3. The number of likely N-dealkylation sites (tertiary alicyclic amines) is 2. The number of anilines is 1. The normalized spacial score (nSPS) is 17.6. The number of nitrogens with one attached hydrogen (secondary N) is 3. The van der Waals surface area contributed by atoms with Crippen molar-refractivity contribution in [1.29, 1.82) is 0 Å². The third-order valence-corrected chi connectivity index (χ3v) is 15.3. The molecule has 77 heavy (non-hydrogen) atoms. The average Bonchev–Trinajstić information content (AvgIpc) is 4.08. The van der Waals surface area contributed by atoms with Gasteiger partial charge in [-0.2, -0.15) is 0 Å². The van der Waals surface area contributed by atoms with Gasteiger partial charge in [-0.15, -0.1) is 11.3 Å². The van der Waals surface area contributed by atoms with Crippen LogP contribution in [0.2, 0.25) is 0 Å². The summed E-state index contributed by atoms with van der Waals surface area (Å²) in [5, 5.41) is 19.3. The Morgan fingerprint density at radius 3 is 2.25 bits per heavy atom. The maximum atomic E-state index is 14.0. The number of aromatic nitrogens is 3. The van der Waals surface area contributed by atoms with Crippen LogP contribution in [-0.4, -0.2) is 167 Å². The Hall–Kier alpha value is -6.61. The fourth-order valence-corrected chi connectivity index (χ4v) is 10.6. The molecule has 0 unspecified atom stereocenters. The number of amides is 6. The van der Waals surface area contributed by atoms with E-state index in [2.05, 4.69) is 35.8 Å². The molecule has 3 aromatic heterocycles. The van der Waals surface area contributed by atoms with E-state index in [0.717, 1.165) is 65.2 Å². The third kappa shape index (κ3) is 17.4. The van der Waals surface area contributed by atoms with E-state index in [1.165, 1.54) is 11.0 Å². The molecule has 0 bridgehead atoms. The van der Waals surface area contributed by atoms with Crippen LogP contribution in [0, 0.1) is 18.3 Å². The highest BCUT2D eigenvalue weighted by atomic mass is 32.1. The molecule has 3 saturated heterocycles. The Morgan fingerprint density at radius 1 is 0.844 bits per heavy atom. The first kappa shape index (κ1) is 58.1. The SMILES string of the molecule is Cc1ncsc1-c1ccc(CNC(=O)[C@@H]2C[C@@H](O)CN2C(=O)[C@@H](NC(=O)CCOCCOCCC(=O)N2CCN(c3ccc(C(=O)N4CCC(CCCCNC(=O)/C=C/c5cccnc5)CC4)cn3)CC2)C(C)(C)C)cc1. The first-order valence-electron chi connectivity index (χ1n) is 27.0. The van der Waals surface area contributed by atoms with Gasteiger partial charge in [-0.1, -0.05) is 63.9 Å². The number of aliphatic hydroxyl groups excluding tert-OH is 1. The molecule has 3 atom stereocenters. The van der Waals surface area contributed by atoms with Crippen LogP contribution in [0.3, 0.4) is 0 Å². The number of pyridine rings is 2. The van der Waals surface area contributed by atoms with Gasteiger partial charge in [-0.05, 0) is 78.5 Å². The minimum atomic E-state index is -0.951. The molecule has 3 aliphatic heterocycles. The number of aryl methyl sites for hydroxylation is 1. The summed E-state index contributed by atoms with van der Waals surface area (Å²) in [7, 11) is 0. The fourth-order valence-electron chi connectivity index (χ4n) is 9.78. The summed E-state index contributed by atoms with van der Waals surface area (Å²) in [6.45, 7) is 12.9. The van der Waals surface area contributed by atoms with Gasteiger partial charge in [0.25, 0.3) is 5.91 Å². The maximum Gasteiger partial charge on any atom is 0.255 e. The Kier molecular flexibility index (Phi) is 21.6. The number of piperidine rings is 1. The lowest BCUT2D eigenvalue weighted by molar-refractivity contribution is -0.144. The number of nitrogens with zero attached hydrogens (tertiary/aromatic N) is 7. The zero-order valence-corrected chi connectivity index (χ0v) is 45.8. The number of carbonyl (C=O) groups excluding carboxylic acids is 6. The molecule has 0 radical (unpaired) electrons. The van der Waals surface area contributed by atoms with Crippen LogP contribution in [0.25, 0.3) is 16.5 Å². The molecule has 6 amide bonds. The highest BCUT2D eigenvalue weighted by Crippen LogP contribution is 2.29. The van der Waals surface area contributed by atoms with Crippen LogP contribution < -0.4 is 20.9 Å². The number of rotatable bonds is 24. The van der Waals surface area contributed by atoms with E-state index in [-0.39, 0.29) is 88.3 Å². The number of β-amino-alcohol motifs (C(OH)–C–C–N with tert-alkyl or cyclic N) is 1. The topological polar surface area (TPSA) is 229 Å². The molecule has 20 heteroatoms. The molecule has 19 nitrogen and oxygen atoms in total. The Balaban J connectivity index is 0.718. The summed E-state index contributed by atoms with van der Waals surface area (Å²) in [5.41, 5.74) is 5.46. The maximum absolute atomic E-state index is 14.0. The molecule has 6 heterocycles. The van der Waals surface area contributed by atoms with Gasteiger partial charge in [0.2, 0.25) is 29.5 Å². The smallest absolute Gasteiger partial charge is 0.255 e. The van der Waals surface area contributed by atoms with Crippen molar-refractivity contribution in [3.05, 3.63) is 101 Å². The van der Waals surface area contributed by atoms with Crippen molar-refractivity contribution >= 4 is 58.7 Å². The quantitative estimate of drug-likeness (QED) is 0.0534. The van der Waals surface area contributed by atoms with E-state index >= 15 is 0 Å². The lowest BCUT2D eigenvalue weighted by Crippen LogP contribution is -2.57. The lowest BCUT2D eigenvalue weighted by atomic mass is 9.85. The molecule has 0 aliphatic carbocycles. The zero-order valence-electron chi connectivity index (χ0n) is 45.0. The Bertz CT molecular complexity index is 2590. The summed E-state index contributed by atoms with van der Waals surface area (Å²) in [6, 6.07) is 13.5. The van der Waals surface area contributed by atoms with E-state index in [1.807, 2.05) is 91.5 Å². The van der Waals surface area contributed by atoms with Crippen molar-refractivity contribution in [1.82, 2.24) is 45.6 Å². The number of unbranched alkanes of at least 4 members (excludes halogenated alkanes) is 1. The highest BCUT2D eigenvalue weighted by Gasteiger charge is 2.44. The van der Waals surface area contributed by atoms with Gasteiger partial charge < -0.3 is 50.1 Å². The molecule has 4 aromatic rings. The van der Waals surface area contributed by atoms with Gasteiger partial charge >= 0.3 is 0 Å². The van der Waals surface area contributed by atoms with Crippen molar-refractivity contribution < 1.29 is 43.3 Å². The predicted molar refractivity (Wildman–Crippen MR) is 294 cm³/mol. The van der Waals surface area contributed by atoms with Crippen LogP contribution in [0.15, 0.2) is 78.7 Å². The van der Waals surface area contributed by atoms with Gasteiger partial charge in [-0.25, -0.2) is 9.97 Å². The Morgan fingerprint density at radius 2 is 1.58 bits per heavy atom. The second-order valence-corrected chi connectivity index (χ2v) is 21.9. The molecule has 4 N–H and O–H groups in total. The molecule has 0 spiro atoms. The highest BCUT2D eigenvalue weighted by molar-refractivity contribution is 7.13. The first-order valence-corrected chi connectivity index (χ1v) is 27.9. The van der Waals surface area contributed by atoms with Crippen LogP contribution in [0.1, 0.15) is 99.3 Å². The standard InChI is InChI=1S/C57H76N10O9S/c1-40-52(77-39-62-40)44-13-10-43(11-14-44)36-61-54(72)47-34-46(68)38-67(47)56(74)53(57(2,3)4)63-50(70)20-30-75-32-33-76-31-21-51(71)65-28-26-64(27-29-65)48-16-15-45(37-60-48)55(73)66-24-18-41(19-25-66)8-5-6-23-59-49(69)17-12-42-9-7-22-58-35-42/h7,9-17,22,35,37,39,41,46-47,53,68H,5-6,8,18-21,23-34,36,38H2,1-4H3,(H,59,69)(H,61,72)(H,63,70)/b17-12+/t46-,47+,53-/m1/s1. The summed E-state index contributed by atoms with van der Waals surface area (Å²) in [6.07, 6.45) is 12.7. The van der Waals surface area contributed by atoms with E-state index in [9.17, 15) is 33.9 Å². The number of ether oxygens (including phenoxy) is 2. The number of thiazole rings is 1. The van der Waals surface area contributed by atoms with Gasteiger partial charge in [0.15, 0.2) is 0 Å². The van der Waals surface area contributed by atoms with Crippen LogP contribution >= 0.6 is 11.3 Å². The monoisotopic (exact) mass is 1080 g/mol. The van der Waals surface area contributed by atoms with Gasteiger partial charge in [-0.3, -0.25) is 33.8 Å². The summed E-state index contributed by atoms with van der Waals surface area (Å²) in [5.74, 6) is 0.0190. The van der Waals surface area contributed by atoms with Crippen LogP contribution in [0.5, 0.6) is 0 Å². The Labute approximate surface area is 456 Å². The summed E-state index contributed by atoms with van der Waals surface area (Å²) in [4.78, 5) is 100. The van der Waals surface area contributed by atoms with Crippen molar-refractivity contribution in [2.45, 2.75) is 104 Å². The van der Waals surface area contributed by atoms with E-state index in [1.54, 1.807) is 36.0 Å². The number of benzene rings is 1. The zero-order chi connectivity index (χ0) is 54.7. The molecular weight excluding hydrogens is 1000 g/mol. The van der Waals surface area contributed by atoms with Crippen molar-refractivity contribution in [2.24, 2.45) is 11.3 Å². The number of carbonyl (C=O) groups is 6. The lowest BCUT2D eigenvalue weighted by Gasteiger charge is -2.35. The van der Waals surface area contributed by atoms with E-state index in [0.29, 0.717) is 57.3 Å². The fraction of sp³-hybridized carbons (Fsp3) is 0.526. The minimum absolute atomic E-state index is 0.00278. The molecule has 7 rings (SSSR count). The van der Waals surface area contributed by atoms with Crippen LogP contribution in [-0.2, 0) is 40.0 Å². The molecule has 3 aliphatic rings. The molecule has 0 saturated carbocycles. The van der Waals surface area contributed by atoms with Crippen LogP contribution in [0.4, 0.5) is 5.82 Å². The van der Waals surface area contributed by atoms with Crippen molar-refractivity contribution in [3.8, 4) is 10.4 Å². The molecule has 414 valence electrons. The molecule has 3 fully saturated rings. The second-order valence-electron chi connectivity index (χ2n) is 21.1. The number of hydrogen-bond acceptors (Lipinski definition) is 14. The van der Waals surface area contributed by atoms with Crippen molar-refractivity contribution in [3.63, 3.8) is 0 Å².